The average Bonchev–Trinajstić information content (AvgIpc) is 2.61. The molecule has 1 fully saturated rings. The van der Waals surface area contributed by atoms with Crippen LogP contribution in [0.4, 0.5) is 0 Å². The molecular weight excluding hydrogens is 338 g/mol. The number of methoxy groups -OCH3 is 1. The van der Waals surface area contributed by atoms with Crippen molar-refractivity contribution in [2.24, 2.45) is 11.7 Å². The molecule has 1 unspecified atom stereocenters. The average molecular weight is 370 g/mol. The maximum Gasteiger partial charge on any atom is 0.236 e. The third kappa shape index (κ3) is 7.22. The number of halogens is 1. The molecule has 6 heteroatoms. The Labute approximate surface area is 157 Å². The van der Waals surface area contributed by atoms with Gasteiger partial charge >= 0.3 is 0 Å². The largest absolute Gasteiger partial charge is 0.497 e. The van der Waals surface area contributed by atoms with Gasteiger partial charge in [-0.1, -0.05) is 25.5 Å². The second-order valence-electron chi connectivity index (χ2n) is 6.71. The fraction of sp³-hybridized carbons (Fsp3) is 0.632. The fourth-order valence-corrected chi connectivity index (χ4v) is 3.16. The summed E-state index contributed by atoms with van der Waals surface area (Å²) >= 11 is 0. The summed E-state index contributed by atoms with van der Waals surface area (Å²) in [4.78, 5) is 14.4. The molecule has 0 aliphatic carbocycles. The highest BCUT2D eigenvalue weighted by atomic mass is 35.5. The maximum absolute atomic E-state index is 11.9. The molecule has 3 N–H and O–H groups in total. The van der Waals surface area contributed by atoms with Crippen LogP contribution in [0.3, 0.4) is 0 Å². The van der Waals surface area contributed by atoms with Crippen LogP contribution in [0.25, 0.3) is 0 Å². The zero-order valence-electron chi connectivity index (χ0n) is 15.4. The fourth-order valence-electron chi connectivity index (χ4n) is 3.16. The van der Waals surface area contributed by atoms with Crippen molar-refractivity contribution in [1.29, 1.82) is 0 Å². The molecule has 5 nitrogen and oxygen atoms in total. The highest BCUT2D eigenvalue weighted by Gasteiger charge is 2.21. The minimum atomic E-state index is -0.356. The molecule has 1 atom stereocenters. The van der Waals surface area contributed by atoms with Gasteiger partial charge in [-0.2, -0.15) is 0 Å². The van der Waals surface area contributed by atoms with Crippen molar-refractivity contribution < 1.29 is 9.53 Å². The van der Waals surface area contributed by atoms with Gasteiger partial charge in [0.15, 0.2) is 0 Å². The Hall–Kier alpha value is -1.30. The van der Waals surface area contributed by atoms with Crippen molar-refractivity contribution in [3.05, 3.63) is 29.8 Å². The van der Waals surface area contributed by atoms with Gasteiger partial charge in [-0.05, 0) is 56.0 Å². The van der Waals surface area contributed by atoms with Gasteiger partial charge in [0.05, 0.1) is 13.2 Å². The van der Waals surface area contributed by atoms with Gasteiger partial charge < -0.3 is 15.8 Å². The number of nitrogens with zero attached hydrogens (tertiary/aromatic N) is 1. The molecule has 2 rings (SSSR count). The van der Waals surface area contributed by atoms with Gasteiger partial charge in [-0.15, -0.1) is 12.4 Å². The number of nitrogens with one attached hydrogen (secondary N) is 1. The van der Waals surface area contributed by atoms with Crippen molar-refractivity contribution in [3.63, 3.8) is 0 Å². The van der Waals surface area contributed by atoms with Crippen LogP contribution in [-0.2, 0) is 11.3 Å². The highest BCUT2D eigenvalue weighted by Crippen LogP contribution is 2.19. The quantitative estimate of drug-likeness (QED) is 0.739. The summed E-state index contributed by atoms with van der Waals surface area (Å²) in [6.45, 7) is 5.93. The lowest BCUT2D eigenvalue weighted by Crippen LogP contribution is -2.44. The molecule has 1 aliphatic rings. The van der Waals surface area contributed by atoms with Gasteiger partial charge in [0, 0.05) is 13.1 Å². The SMILES string of the molecule is CCCC(N)C(=O)NCC1CCN(Cc2ccc(OC)cc2)CC1.Cl. The summed E-state index contributed by atoms with van der Waals surface area (Å²) < 4.78 is 5.19. The first-order valence-electron chi connectivity index (χ1n) is 9.01. The van der Waals surface area contributed by atoms with E-state index in [1.165, 1.54) is 5.56 Å². The molecule has 1 heterocycles. The monoisotopic (exact) mass is 369 g/mol. The zero-order valence-corrected chi connectivity index (χ0v) is 16.2. The third-order valence-electron chi connectivity index (χ3n) is 4.77. The first-order chi connectivity index (χ1) is 11.6. The van der Waals surface area contributed by atoms with Gasteiger partial charge in [-0.3, -0.25) is 9.69 Å². The second kappa shape index (κ2) is 11.3. The molecule has 0 bridgehead atoms. The van der Waals surface area contributed by atoms with E-state index in [0.717, 1.165) is 57.6 Å². The molecule has 25 heavy (non-hydrogen) atoms. The van der Waals surface area contributed by atoms with E-state index in [9.17, 15) is 4.79 Å². The van der Waals surface area contributed by atoms with Gasteiger partial charge in [-0.25, -0.2) is 0 Å². The number of amides is 1. The number of piperidine rings is 1. The molecule has 1 saturated heterocycles. The maximum atomic E-state index is 11.9. The van der Waals surface area contributed by atoms with E-state index in [2.05, 4.69) is 22.3 Å². The summed E-state index contributed by atoms with van der Waals surface area (Å²) in [7, 11) is 1.69. The van der Waals surface area contributed by atoms with Crippen LogP contribution in [0.15, 0.2) is 24.3 Å². The molecule has 0 spiro atoms. The molecule has 0 saturated carbocycles. The van der Waals surface area contributed by atoms with Crippen LogP contribution in [0.2, 0.25) is 0 Å². The molecule has 1 amide bonds. The highest BCUT2D eigenvalue weighted by molar-refractivity contribution is 5.85. The van der Waals surface area contributed by atoms with E-state index < -0.39 is 0 Å². The number of nitrogens with two attached hydrogens (primary N) is 1. The summed E-state index contributed by atoms with van der Waals surface area (Å²) in [6.07, 6.45) is 3.95. The van der Waals surface area contributed by atoms with Crippen LogP contribution in [0, 0.1) is 5.92 Å². The van der Waals surface area contributed by atoms with E-state index in [1.807, 2.05) is 19.1 Å². The van der Waals surface area contributed by atoms with Gasteiger partial charge in [0.25, 0.3) is 0 Å². The summed E-state index contributed by atoms with van der Waals surface area (Å²) in [5.74, 6) is 1.46. The van der Waals surface area contributed by atoms with Gasteiger partial charge in [0.2, 0.25) is 5.91 Å². The van der Waals surface area contributed by atoms with E-state index >= 15 is 0 Å². The molecule has 1 aromatic rings. The number of rotatable bonds is 8. The van der Waals surface area contributed by atoms with E-state index in [-0.39, 0.29) is 24.4 Å². The van der Waals surface area contributed by atoms with Crippen LogP contribution < -0.4 is 15.8 Å². The normalized spacial score (nSPS) is 16.8. The smallest absolute Gasteiger partial charge is 0.236 e. The van der Waals surface area contributed by atoms with Crippen LogP contribution in [0.5, 0.6) is 5.75 Å². The predicted octanol–water partition coefficient (Wildman–Crippen LogP) is 2.57. The summed E-state index contributed by atoms with van der Waals surface area (Å²) in [5.41, 5.74) is 7.16. The third-order valence-corrected chi connectivity index (χ3v) is 4.77. The Kier molecular flexibility index (Phi) is 9.86. The van der Waals surface area contributed by atoms with Crippen molar-refractivity contribution >= 4 is 18.3 Å². The van der Waals surface area contributed by atoms with Crippen molar-refractivity contribution in [2.45, 2.75) is 45.2 Å². The lowest BCUT2D eigenvalue weighted by atomic mass is 9.96. The number of hydrogen-bond donors (Lipinski definition) is 2. The lowest BCUT2D eigenvalue weighted by Gasteiger charge is -2.32. The van der Waals surface area contributed by atoms with Crippen LogP contribution in [-0.4, -0.2) is 43.6 Å². The van der Waals surface area contributed by atoms with Crippen molar-refractivity contribution in [1.82, 2.24) is 10.2 Å². The first kappa shape index (κ1) is 21.7. The number of hydrogen-bond acceptors (Lipinski definition) is 4. The lowest BCUT2D eigenvalue weighted by molar-refractivity contribution is -0.122. The van der Waals surface area contributed by atoms with Crippen LogP contribution >= 0.6 is 12.4 Å². The van der Waals surface area contributed by atoms with E-state index in [0.29, 0.717) is 5.92 Å². The molecule has 0 radical (unpaired) electrons. The summed E-state index contributed by atoms with van der Waals surface area (Å²) in [6, 6.07) is 7.92. The standard InChI is InChI=1S/C19H31N3O2.ClH/c1-3-4-18(20)19(23)21-13-15-9-11-22(12-10-15)14-16-5-7-17(24-2)8-6-16;/h5-8,15,18H,3-4,9-14,20H2,1-2H3,(H,21,23);1H. The van der Waals surface area contributed by atoms with E-state index in [1.54, 1.807) is 7.11 Å². The first-order valence-corrected chi connectivity index (χ1v) is 9.01. The molecular formula is C19H32ClN3O2. The second-order valence-corrected chi connectivity index (χ2v) is 6.71. The predicted molar refractivity (Wildman–Crippen MR) is 104 cm³/mol. The molecule has 1 aromatic carbocycles. The number of ether oxygens (including phenoxy) is 1. The Morgan fingerprint density at radius 2 is 1.96 bits per heavy atom. The zero-order chi connectivity index (χ0) is 17.4. The number of carbonyl (C=O) groups excluding carboxylic acids is 1. The Morgan fingerprint density at radius 3 is 2.52 bits per heavy atom. The number of carbonyl (C=O) groups is 1. The van der Waals surface area contributed by atoms with Crippen molar-refractivity contribution in [3.8, 4) is 5.75 Å². The molecule has 0 aromatic heterocycles. The Bertz CT molecular complexity index is 502. The Balaban J connectivity index is 0.00000312. The minimum Gasteiger partial charge on any atom is -0.497 e. The summed E-state index contributed by atoms with van der Waals surface area (Å²) in [5, 5.41) is 3.02. The molecule has 1 aliphatic heterocycles. The number of benzene rings is 1. The number of likely N-dealkylation sites (tertiary alicyclic amines) is 1. The topological polar surface area (TPSA) is 67.6 Å². The molecule has 142 valence electrons. The van der Waals surface area contributed by atoms with E-state index in [4.69, 9.17) is 10.5 Å². The van der Waals surface area contributed by atoms with Gasteiger partial charge in [0.1, 0.15) is 5.75 Å². The van der Waals surface area contributed by atoms with Crippen LogP contribution in [0.1, 0.15) is 38.2 Å². The Morgan fingerprint density at radius 1 is 1.32 bits per heavy atom. The minimum absolute atomic E-state index is 0. The van der Waals surface area contributed by atoms with Crippen molar-refractivity contribution in [2.75, 3.05) is 26.7 Å².